The van der Waals surface area contributed by atoms with Crippen molar-refractivity contribution in [3.05, 3.63) is 39.3 Å². The molecular weight excluding hydrogens is 253 g/mol. The fraction of sp³-hybridized carbons (Fsp3) is 0.100. The molecule has 78 valence electrons. The van der Waals surface area contributed by atoms with E-state index in [2.05, 4.69) is 4.98 Å². The molecule has 0 atom stereocenters. The van der Waals surface area contributed by atoms with E-state index >= 15 is 0 Å². The van der Waals surface area contributed by atoms with Gasteiger partial charge in [-0.25, -0.2) is 4.98 Å². The second-order valence-corrected chi connectivity index (χ2v) is 4.60. The maximum Gasteiger partial charge on any atom is 0.123 e. The summed E-state index contributed by atoms with van der Waals surface area (Å²) in [6, 6.07) is 5.36. The van der Waals surface area contributed by atoms with Crippen LogP contribution in [0, 0.1) is 0 Å². The van der Waals surface area contributed by atoms with E-state index in [9.17, 15) is 0 Å². The minimum absolute atomic E-state index is 0.0438. The Hall–Kier alpha value is -0.610. The number of rotatable bonds is 2. The lowest BCUT2D eigenvalue weighted by atomic mass is 10.2. The predicted molar refractivity (Wildman–Crippen MR) is 63.5 cm³/mol. The lowest BCUT2D eigenvalue weighted by Gasteiger charge is -1.98. The third-order valence-electron chi connectivity index (χ3n) is 1.88. The van der Waals surface area contributed by atoms with Gasteiger partial charge in [-0.1, -0.05) is 29.3 Å². The molecular formula is C10H7Cl2NOS. The van der Waals surface area contributed by atoms with Crippen molar-refractivity contribution in [2.75, 3.05) is 0 Å². The first-order chi connectivity index (χ1) is 7.20. The molecule has 0 fully saturated rings. The first-order valence-corrected chi connectivity index (χ1v) is 5.85. The largest absolute Gasteiger partial charge is 0.390 e. The maximum absolute atomic E-state index is 8.89. The molecule has 15 heavy (non-hydrogen) atoms. The number of hydrogen-bond donors (Lipinski definition) is 1. The number of benzene rings is 1. The standard InChI is InChI=1S/C10H7Cl2NOS/c11-8-2-1-6(3-9(8)12)10-13-7(4-14)5-15-10/h1-3,5,14H,4H2. The van der Waals surface area contributed by atoms with Gasteiger partial charge in [0, 0.05) is 10.9 Å². The molecule has 0 radical (unpaired) electrons. The Morgan fingerprint density at radius 2 is 2.07 bits per heavy atom. The first kappa shape index (κ1) is 10.9. The molecule has 0 aliphatic rings. The van der Waals surface area contributed by atoms with E-state index in [1.807, 2.05) is 11.4 Å². The lowest BCUT2D eigenvalue weighted by Crippen LogP contribution is -1.82. The monoisotopic (exact) mass is 259 g/mol. The van der Waals surface area contributed by atoms with Crippen molar-refractivity contribution >= 4 is 34.5 Å². The summed E-state index contributed by atoms with van der Waals surface area (Å²) in [7, 11) is 0. The van der Waals surface area contributed by atoms with Crippen LogP contribution >= 0.6 is 34.5 Å². The molecule has 0 amide bonds. The molecule has 1 N–H and O–H groups in total. The summed E-state index contributed by atoms with van der Waals surface area (Å²) in [5.41, 5.74) is 1.58. The van der Waals surface area contributed by atoms with E-state index in [-0.39, 0.29) is 6.61 Å². The van der Waals surface area contributed by atoms with E-state index in [1.165, 1.54) is 11.3 Å². The van der Waals surface area contributed by atoms with Gasteiger partial charge in [0.25, 0.3) is 0 Å². The highest BCUT2D eigenvalue weighted by atomic mass is 35.5. The Kier molecular flexibility index (Phi) is 3.26. The molecule has 0 saturated heterocycles. The third kappa shape index (κ3) is 2.32. The molecule has 2 rings (SSSR count). The number of aromatic nitrogens is 1. The highest BCUT2D eigenvalue weighted by Gasteiger charge is 2.06. The quantitative estimate of drug-likeness (QED) is 0.894. The van der Waals surface area contributed by atoms with E-state index in [0.29, 0.717) is 15.7 Å². The van der Waals surface area contributed by atoms with Crippen LogP contribution in [0.15, 0.2) is 23.6 Å². The third-order valence-corrected chi connectivity index (χ3v) is 3.56. The molecule has 0 aliphatic carbocycles. The van der Waals surface area contributed by atoms with Crippen LogP contribution in [0.5, 0.6) is 0 Å². The number of halogens is 2. The summed E-state index contributed by atoms with van der Waals surface area (Å²) < 4.78 is 0. The summed E-state index contributed by atoms with van der Waals surface area (Å²) >= 11 is 13.2. The van der Waals surface area contributed by atoms with Crippen molar-refractivity contribution in [1.82, 2.24) is 4.98 Å². The second kappa shape index (κ2) is 4.49. The van der Waals surface area contributed by atoms with Crippen LogP contribution in [-0.2, 0) is 6.61 Å². The van der Waals surface area contributed by atoms with Gasteiger partial charge < -0.3 is 5.11 Å². The zero-order valence-electron chi connectivity index (χ0n) is 7.58. The zero-order valence-corrected chi connectivity index (χ0v) is 9.90. The van der Waals surface area contributed by atoms with E-state index in [1.54, 1.807) is 12.1 Å². The molecule has 0 spiro atoms. The molecule has 5 heteroatoms. The molecule has 2 aromatic rings. The van der Waals surface area contributed by atoms with Gasteiger partial charge in [0.05, 0.1) is 22.3 Å². The highest BCUT2D eigenvalue weighted by molar-refractivity contribution is 7.13. The predicted octanol–water partition coefficient (Wildman–Crippen LogP) is 3.61. The van der Waals surface area contributed by atoms with Crippen LogP contribution < -0.4 is 0 Å². The van der Waals surface area contributed by atoms with Crippen LogP contribution in [0.1, 0.15) is 5.69 Å². The second-order valence-electron chi connectivity index (χ2n) is 2.93. The molecule has 1 heterocycles. The van der Waals surface area contributed by atoms with Crippen molar-refractivity contribution in [3.8, 4) is 10.6 Å². The Morgan fingerprint density at radius 1 is 1.27 bits per heavy atom. The average Bonchev–Trinajstić information content (AvgIpc) is 2.70. The van der Waals surface area contributed by atoms with Crippen molar-refractivity contribution in [1.29, 1.82) is 0 Å². The SMILES string of the molecule is OCc1csc(-c2ccc(Cl)c(Cl)c2)n1. The summed E-state index contributed by atoms with van der Waals surface area (Å²) in [4.78, 5) is 4.24. The molecule has 1 aromatic heterocycles. The Labute approximate surface area is 101 Å². The van der Waals surface area contributed by atoms with Crippen molar-refractivity contribution < 1.29 is 5.11 Å². The summed E-state index contributed by atoms with van der Waals surface area (Å²) in [6.07, 6.45) is 0. The summed E-state index contributed by atoms with van der Waals surface area (Å²) in [5, 5.41) is 12.6. The van der Waals surface area contributed by atoms with Gasteiger partial charge in [-0.3, -0.25) is 0 Å². The lowest BCUT2D eigenvalue weighted by molar-refractivity contribution is 0.278. The van der Waals surface area contributed by atoms with E-state index in [0.717, 1.165) is 10.6 Å². The molecule has 1 aromatic carbocycles. The molecule has 2 nitrogen and oxygen atoms in total. The van der Waals surface area contributed by atoms with Crippen LogP contribution in [0.25, 0.3) is 10.6 Å². The number of aliphatic hydroxyl groups excluding tert-OH is 1. The van der Waals surface area contributed by atoms with E-state index in [4.69, 9.17) is 28.3 Å². The van der Waals surface area contributed by atoms with Gasteiger partial charge in [-0.05, 0) is 12.1 Å². The fourth-order valence-electron chi connectivity index (χ4n) is 1.14. The topological polar surface area (TPSA) is 33.1 Å². The summed E-state index contributed by atoms with van der Waals surface area (Å²) in [5.74, 6) is 0. The van der Waals surface area contributed by atoms with Crippen LogP contribution in [0.3, 0.4) is 0 Å². The number of thiazole rings is 1. The minimum Gasteiger partial charge on any atom is -0.390 e. The van der Waals surface area contributed by atoms with Crippen LogP contribution in [0.4, 0.5) is 0 Å². The van der Waals surface area contributed by atoms with Gasteiger partial charge >= 0.3 is 0 Å². The van der Waals surface area contributed by atoms with Gasteiger partial charge in [-0.15, -0.1) is 11.3 Å². The van der Waals surface area contributed by atoms with Crippen LogP contribution in [0.2, 0.25) is 10.0 Å². The highest BCUT2D eigenvalue weighted by Crippen LogP contribution is 2.30. The number of aliphatic hydroxyl groups is 1. The molecule has 0 unspecified atom stereocenters. The van der Waals surface area contributed by atoms with Gasteiger partial charge in [0.2, 0.25) is 0 Å². The maximum atomic E-state index is 8.89. The first-order valence-electron chi connectivity index (χ1n) is 4.21. The normalized spacial score (nSPS) is 10.6. The molecule has 0 bridgehead atoms. The van der Waals surface area contributed by atoms with Gasteiger partial charge in [0.1, 0.15) is 5.01 Å². The molecule has 0 saturated carbocycles. The Morgan fingerprint density at radius 3 is 2.67 bits per heavy atom. The fourth-order valence-corrected chi connectivity index (χ4v) is 2.25. The number of nitrogens with zero attached hydrogens (tertiary/aromatic N) is 1. The molecule has 0 aliphatic heterocycles. The van der Waals surface area contributed by atoms with Crippen LogP contribution in [-0.4, -0.2) is 10.1 Å². The minimum atomic E-state index is -0.0438. The van der Waals surface area contributed by atoms with Crippen molar-refractivity contribution in [3.63, 3.8) is 0 Å². The van der Waals surface area contributed by atoms with Gasteiger partial charge in [0.15, 0.2) is 0 Å². The Bertz CT molecular complexity index is 484. The van der Waals surface area contributed by atoms with Gasteiger partial charge in [-0.2, -0.15) is 0 Å². The Balaban J connectivity index is 2.40. The van der Waals surface area contributed by atoms with E-state index < -0.39 is 0 Å². The van der Waals surface area contributed by atoms with Crippen molar-refractivity contribution in [2.24, 2.45) is 0 Å². The summed E-state index contributed by atoms with van der Waals surface area (Å²) in [6.45, 7) is -0.0438. The zero-order chi connectivity index (χ0) is 10.8. The smallest absolute Gasteiger partial charge is 0.123 e. The average molecular weight is 260 g/mol. The van der Waals surface area contributed by atoms with Crippen molar-refractivity contribution in [2.45, 2.75) is 6.61 Å². The number of hydrogen-bond acceptors (Lipinski definition) is 3.